The highest BCUT2D eigenvalue weighted by Gasteiger charge is 2.08. The summed E-state index contributed by atoms with van der Waals surface area (Å²) >= 11 is 0. The first-order chi connectivity index (χ1) is 6.86. The van der Waals surface area contributed by atoms with Gasteiger partial charge in [0.1, 0.15) is 11.3 Å². The maximum absolute atomic E-state index is 9.64. The van der Waals surface area contributed by atoms with Gasteiger partial charge in [-0.2, -0.15) is 15.4 Å². The number of H-pyrrole nitrogens is 1. The average molecular weight is 185 g/mol. The van der Waals surface area contributed by atoms with E-state index in [9.17, 15) is 5.11 Å². The van der Waals surface area contributed by atoms with Gasteiger partial charge < -0.3 is 5.11 Å². The molecular weight excluding hydrogens is 178 g/mol. The largest absolute Gasteiger partial charge is 0.506 e. The Kier molecular flexibility index (Phi) is 1.28. The van der Waals surface area contributed by atoms with Gasteiger partial charge in [0.25, 0.3) is 0 Å². The van der Waals surface area contributed by atoms with Gasteiger partial charge in [-0.3, -0.25) is 0 Å². The van der Waals surface area contributed by atoms with Crippen LogP contribution in [0.1, 0.15) is 0 Å². The second-order valence-electron chi connectivity index (χ2n) is 3.14. The number of aromatic amines is 1. The van der Waals surface area contributed by atoms with E-state index < -0.39 is 0 Å². The van der Waals surface area contributed by atoms with E-state index in [-0.39, 0.29) is 5.75 Å². The molecule has 4 heteroatoms. The van der Waals surface area contributed by atoms with E-state index in [1.807, 2.05) is 24.3 Å². The average Bonchev–Trinajstić information content (AvgIpc) is 2.67. The molecule has 0 atom stereocenters. The summed E-state index contributed by atoms with van der Waals surface area (Å²) in [6, 6.07) is 9.45. The molecule has 0 amide bonds. The molecule has 0 aliphatic carbocycles. The Balaban J connectivity index is 2.66. The summed E-state index contributed by atoms with van der Waals surface area (Å²) in [5.41, 5.74) is 1.23. The Bertz CT molecular complexity index is 615. The molecule has 3 rings (SSSR count). The molecular formula is C10H7N3O. The Morgan fingerprint density at radius 1 is 1.07 bits per heavy atom. The highest BCUT2D eigenvalue weighted by atomic mass is 16.3. The number of hydrogen-bond acceptors (Lipinski definition) is 3. The van der Waals surface area contributed by atoms with Crippen molar-refractivity contribution in [3.8, 4) is 5.75 Å². The van der Waals surface area contributed by atoms with Gasteiger partial charge in [0.15, 0.2) is 5.52 Å². The molecule has 0 bridgehead atoms. The molecule has 2 aromatic carbocycles. The molecule has 0 unspecified atom stereocenters. The van der Waals surface area contributed by atoms with E-state index in [1.54, 1.807) is 6.07 Å². The van der Waals surface area contributed by atoms with E-state index >= 15 is 0 Å². The van der Waals surface area contributed by atoms with Gasteiger partial charge in [-0.1, -0.05) is 24.3 Å². The van der Waals surface area contributed by atoms with Crippen LogP contribution in [-0.2, 0) is 0 Å². The third-order valence-electron chi connectivity index (χ3n) is 2.30. The van der Waals surface area contributed by atoms with E-state index in [1.165, 1.54) is 0 Å². The number of nitrogens with zero attached hydrogens (tertiary/aromatic N) is 2. The van der Waals surface area contributed by atoms with Crippen molar-refractivity contribution in [1.29, 1.82) is 0 Å². The number of rotatable bonds is 0. The minimum atomic E-state index is 0.160. The maximum Gasteiger partial charge on any atom is 0.155 e. The van der Waals surface area contributed by atoms with Gasteiger partial charge in [-0.15, -0.1) is 0 Å². The molecule has 3 aromatic rings. The van der Waals surface area contributed by atoms with Crippen LogP contribution in [0.2, 0.25) is 0 Å². The minimum absolute atomic E-state index is 0.160. The Morgan fingerprint density at radius 3 is 2.79 bits per heavy atom. The Labute approximate surface area is 79.2 Å². The van der Waals surface area contributed by atoms with Crippen LogP contribution in [-0.4, -0.2) is 20.5 Å². The summed E-state index contributed by atoms with van der Waals surface area (Å²) in [6.45, 7) is 0. The second-order valence-corrected chi connectivity index (χ2v) is 3.14. The highest BCUT2D eigenvalue weighted by molar-refractivity contribution is 6.06. The molecule has 4 nitrogen and oxygen atoms in total. The number of phenolic OH excluding ortho intramolecular Hbond substituents is 1. The highest BCUT2D eigenvalue weighted by Crippen LogP contribution is 2.29. The van der Waals surface area contributed by atoms with Crippen molar-refractivity contribution in [3.63, 3.8) is 0 Å². The molecule has 1 heterocycles. The summed E-state index contributed by atoms with van der Waals surface area (Å²) in [5.74, 6) is 0.160. The topological polar surface area (TPSA) is 61.8 Å². The van der Waals surface area contributed by atoms with Crippen molar-refractivity contribution >= 4 is 21.8 Å². The minimum Gasteiger partial charge on any atom is -0.506 e. The molecule has 0 aliphatic rings. The van der Waals surface area contributed by atoms with Crippen molar-refractivity contribution in [2.24, 2.45) is 0 Å². The standard InChI is InChI=1S/C10H7N3O/c14-8-5-6-3-1-2-4-7(6)9-10(8)12-13-11-9/h1-5,14H,(H,11,12,13). The fourth-order valence-electron chi connectivity index (χ4n) is 1.65. The van der Waals surface area contributed by atoms with Gasteiger partial charge in [-0.25, -0.2) is 0 Å². The molecule has 1 aromatic heterocycles. The molecule has 0 radical (unpaired) electrons. The number of hydrogen-bond donors (Lipinski definition) is 2. The van der Waals surface area contributed by atoms with Crippen LogP contribution < -0.4 is 0 Å². The zero-order chi connectivity index (χ0) is 9.54. The molecule has 0 aliphatic heterocycles. The van der Waals surface area contributed by atoms with Gasteiger partial charge in [0, 0.05) is 5.39 Å². The van der Waals surface area contributed by atoms with Crippen molar-refractivity contribution < 1.29 is 5.11 Å². The number of nitrogens with one attached hydrogen (secondary N) is 1. The lowest BCUT2D eigenvalue weighted by molar-refractivity contribution is 0.481. The van der Waals surface area contributed by atoms with Crippen LogP contribution in [0.4, 0.5) is 0 Å². The molecule has 0 fully saturated rings. The molecule has 2 N–H and O–H groups in total. The van der Waals surface area contributed by atoms with Crippen LogP contribution in [0.25, 0.3) is 21.8 Å². The lowest BCUT2D eigenvalue weighted by atomic mass is 10.1. The van der Waals surface area contributed by atoms with Crippen molar-refractivity contribution in [3.05, 3.63) is 30.3 Å². The fourth-order valence-corrected chi connectivity index (χ4v) is 1.65. The van der Waals surface area contributed by atoms with Crippen molar-refractivity contribution in [2.45, 2.75) is 0 Å². The van der Waals surface area contributed by atoms with E-state index in [2.05, 4.69) is 15.4 Å². The predicted molar refractivity (Wildman–Crippen MR) is 53.1 cm³/mol. The zero-order valence-electron chi connectivity index (χ0n) is 7.23. The number of fused-ring (bicyclic) bond motifs is 3. The van der Waals surface area contributed by atoms with E-state index in [4.69, 9.17) is 0 Å². The lowest BCUT2D eigenvalue weighted by Crippen LogP contribution is -1.76. The monoisotopic (exact) mass is 185 g/mol. The zero-order valence-corrected chi connectivity index (χ0v) is 7.23. The predicted octanol–water partition coefficient (Wildman–Crippen LogP) is 1.82. The van der Waals surface area contributed by atoms with E-state index in [0.717, 1.165) is 10.8 Å². The Hall–Kier alpha value is -2.10. The summed E-state index contributed by atoms with van der Waals surface area (Å²) in [7, 11) is 0. The molecule has 0 saturated carbocycles. The quantitative estimate of drug-likeness (QED) is 0.561. The van der Waals surface area contributed by atoms with Gasteiger partial charge >= 0.3 is 0 Å². The lowest BCUT2D eigenvalue weighted by Gasteiger charge is -1.98. The summed E-state index contributed by atoms with van der Waals surface area (Å²) in [5, 5.41) is 22.0. The smallest absolute Gasteiger partial charge is 0.155 e. The first kappa shape index (κ1) is 7.32. The molecule has 0 saturated heterocycles. The molecule has 68 valence electrons. The van der Waals surface area contributed by atoms with Gasteiger partial charge in [-0.05, 0) is 11.5 Å². The third-order valence-corrected chi connectivity index (χ3v) is 2.30. The fraction of sp³-hybridized carbons (Fsp3) is 0. The Morgan fingerprint density at radius 2 is 1.86 bits per heavy atom. The van der Waals surface area contributed by atoms with Crippen molar-refractivity contribution in [2.75, 3.05) is 0 Å². The van der Waals surface area contributed by atoms with E-state index in [0.29, 0.717) is 11.0 Å². The van der Waals surface area contributed by atoms with Crippen molar-refractivity contribution in [1.82, 2.24) is 15.4 Å². The maximum atomic E-state index is 9.64. The first-order valence-electron chi connectivity index (χ1n) is 4.27. The number of benzene rings is 2. The second kappa shape index (κ2) is 2.45. The number of phenols is 1. The number of aromatic hydroxyl groups is 1. The summed E-state index contributed by atoms with van der Waals surface area (Å²) < 4.78 is 0. The molecule has 0 spiro atoms. The summed E-state index contributed by atoms with van der Waals surface area (Å²) in [6.07, 6.45) is 0. The van der Waals surface area contributed by atoms with Crippen LogP contribution >= 0.6 is 0 Å². The van der Waals surface area contributed by atoms with Crippen LogP contribution in [0, 0.1) is 0 Å². The van der Waals surface area contributed by atoms with Crippen LogP contribution in [0.5, 0.6) is 5.75 Å². The van der Waals surface area contributed by atoms with Crippen LogP contribution in [0.15, 0.2) is 30.3 Å². The molecule has 14 heavy (non-hydrogen) atoms. The first-order valence-corrected chi connectivity index (χ1v) is 4.27. The van der Waals surface area contributed by atoms with Gasteiger partial charge in [0.2, 0.25) is 0 Å². The normalized spacial score (nSPS) is 11.1. The number of aromatic nitrogens is 3. The third kappa shape index (κ3) is 0.821. The SMILES string of the molecule is Oc1cc2ccccc2c2n[nH]nc12. The van der Waals surface area contributed by atoms with Gasteiger partial charge in [0.05, 0.1) is 0 Å². The van der Waals surface area contributed by atoms with Crippen LogP contribution in [0.3, 0.4) is 0 Å². The summed E-state index contributed by atoms with van der Waals surface area (Å²) in [4.78, 5) is 0.